The van der Waals surface area contributed by atoms with E-state index >= 15 is 0 Å². The minimum Gasteiger partial charge on any atom is -0.490 e. The number of morpholine rings is 1. The molecule has 7 heteroatoms. The minimum absolute atomic E-state index is 0.0390. The summed E-state index contributed by atoms with van der Waals surface area (Å²) >= 11 is 0. The summed E-state index contributed by atoms with van der Waals surface area (Å²) in [6.45, 7) is 1.17. The van der Waals surface area contributed by atoms with Crippen LogP contribution < -0.4 is 10.5 Å². The van der Waals surface area contributed by atoms with Gasteiger partial charge in [0.05, 0.1) is 19.6 Å². The van der Waals surface area contributed by atoms with Gasteiger partial charge in [0.1, 0.15) is 23.8 Å². The topological polar surface area (TPSA) is 81.9 Å². The SMILES string of the molecule is NC(=O)C[C@@]1(COc2ccc(F)cc2)CN(C(=O)C2CCCC2)CCO1. The second-order valence-electron chi connectivity index (χ2n) is 7.16. The first-order valence-electron chi connectivity index (χ1n) is 9.07. The van der Waals surface area contributed by atoms with Crippen LogP contribution in [0.15, 0.2) is 24.3 Å². The quantitative estimate of drug-likeness (QED) is 0.835. The van der Waals surface area contributed by atoms with Crippen LogP contribution in [0, 0.1) is 11.7 Å². The summed E-state index contributed by atoms with van der Waals surface area (Å²) in [5.41, 5.74) is 4.43. The fourth-order valence-corrected chi connectivity index (χ4v) is 3.77. The number of carbonyl (C=O) groups is 2. The van der Waals surface area contributed by atoms with Gasteiger partial charge in [0.25, 0.3) is 0 Å². The summed E-state index contributed by atoms with van der Waals surface area (Å²) in [4.78, 5) is 26.1. The number of primary amides is 1. The van der Waals surface area contributed by atoms with Crippen LogP contribution in [0.4, 0.5) is 4.39 Å². The van der Waals surface area contributed by atoms with Gasteiger partial charge in [-0.3, -0.25) is 9.59 Å². The van der Waals surface area contributed by atoms with Crippen molar-refractivity contribution in [1.29, 1.82) is 0 Å². The van der Waals surface area contributed by atoms with Crippen molar-refractivity contribution >= 4 is 11.8 Å². The summed E-state index contributed by atoms with van der Waals surface area (Å²) in [7, 11) is 0. The number of ether oxygens (including phenoxy) is 2. The fourth-order valence-electron chi connectivity index (χ4n) is 3.77. The summed E-state index contributed by atoms with van der Waals surface area (Å²) < 4.78 is 24.6. The van der Waals surface area contributed by atoms with Crippen molar-refractivity contribution in [3.05, 3.63) is 30.1 Å². The summed E-state index contributed by atoms with van der Waals surface area (Å²) in [5.74, 6) is -0.203. The molecule has 0 bridgehead atoms. The maximum Gasteiger partial charge on any atom is 0.225 e. The molecule has 1 aliphatic heterocycles. The molecule has 1 saturated carbocycles. The summed E-state index contributed by atoms with van der Waals surface area (Å²) in [5, 5.41) is 0. The van der Waals surface area contributed by atoms with Gasteiger partial charge in [-0.25, -0.2) is 4.39 Å². The zero-order chi connectivity index (χ0) is 18.6. The molecule has 1 aliphatic carbocycles. The smallest absolute Gasteiger partial charge is 0.225 e. The third-order valence-electron chi connectivity index (χ3n) is 5.08. The molecule has 1 heterocycles. The molecular formula is C19H25FN2O4. The summed E-state index contributed by atoms with van der Waals surface area (Å²) in [6.07, 6.45) is 3.97. The first-order chi connectivity index (χ1) is 12.5. The van der Waals surface area contributed by atoms with E-state index in [4.69, 9.17) is 15.2 Å². The maximum atomic E-state index is 13.0. The monoisotopic (exact) mass is 364 g/mol. The van der Waals surface area contributed by atoms with E-state index in [0.29, 0.717) is 18.9 Å². The first-order valence-corrected chi connectivity index (χ1v) is 9.07. The molecule has 2 fully saturated rings. The fraction of sp³-hybridized carbons (Fsp3) is 0.579. The Kier molecular flexibility index (Phi) is 5.76. The molecule has 1 atom stereocenters. The molecule has 6 nitrogen and oxygen atoms in total. The Labute approximate surface area is 152 Å². The standard InChI is InChI=1S/C19H25FN2O4/c20-15-5-7-16(8-6-15)25-13-19(11-17(21)23)12-22(9-10-26-19)18(24)14-3-1-2-4-14/h5-8,14H,1-4,9-13H2,(H2,21,23)/t19-/m0/s1. The molecule has 1 aromatic carbocycles. The van der Waals surface area contributed by atoms with Crippen LogP contribution in [-0.4, -0.2) is 48.6 Å². The van der Waals surface area contributed by atoms with Gasteiger partial charge in [0.15, 0.2) is 0 Å². The van der Waals surface area contributed by atoms with Gasteiger partial charge in [0, 0.05) is 12.5 Å². The highest BCUT2D eigenvalue weighted by Gasteiger charge is 2.42. The molecule has 26 heavy (non-hydrogen) atoms. The lowest BCUT2D eigenvalue weighted by Gasteiger charge is -2.42. The second kappa shape index (κ2) is 8.03. The largest absolute Gasteiger partial charge is 0.490 e. The molecule has 3 rings (SSSR count). The average molecular weight is 364 g/mol. The minimum atomic E-state index is -0.979. The third kappa shape index (κ3) is 4.52. The molecule has 1 aromatic rings. The van der Waals surface area contributed by atoms with E-state index in [-0.39, 0.29) is 37.2 Å². The predicted molar refractivity (Wildman–Crippen MR) is 92.9 cm³/mol. The number of hydrogen-bond donors (Lipinski definition) is 1. The molecule has 0 unspecified atom stereocenters. The van der Waals surface area contributed by atoms with E-state index < -0.39 is 11.5 Å². The van der Waals surface area contributed by atoms with Gasteiger partial charge in [-0.15, -0.1) is 0 Å². The average Bonchev–Trinajstić information content (AvgIpc) is 3.15. The molecule has 142 valence electrons. The number of nitrogens with two attached hydrogens (primary N) is 1. The molecule has 0 radical (unpaired) electrons. The number of halogens is 1. The van der Waals surface area contributed by atoms with E-state index in [0.717, 1.165) is 25.7 Å². The highest BCUT2D eigenvalue weighted by atomic mass is 19.1. The van der Waals surface area contributed by atoms with Crippen molar-refractivity contribution in [3.8, 4) is 5.75 Å². The highest BCUT2D eigenvalue weighted by Crippen LogP contribution is 2.30. The molecule has 0 aromatic heterocycles. The Morgan fingerprint density at radius 3 is 2.62 bits per heavy atom. The predicted octanol–water partition coefficient (Wildman–Crippen LogP) is 1.87. The lowest BCUT2D eigenvalue weighted by atomic mass is 9.96. The Bertz CT molecular complexity index is 645. The molecule has 1 saturated heterocycles. The lowest BCUT2D eigenvalue weighted by Crippen LogP contribution is -2.58. The van der Waals surface area contributed by atoms with E-state index in [2.05, 4.69) is 0 Å². The van der Waals surface area contributed by atoms with Gasteiger partial charge in [0.2, 0.25) is 11.8 Å². The van der Waals surface area contributed by atoms with Gasteiger partial charge < -0.3 is 20.1 Å². The normalized spacial score (nSPS) is 23.8. The van der Waals surface area contributed by atoms with Crippen molar-refractivity contribution in [2.24, 2.45) is 11.7 Å². The van der Waals surface area contributed by atoms with Crippen molar-refractivity contribution in [2.75, 3.05) is 26.3 Å². The number of nitrogens with zero attached hydrogens (tertiary/aromatic N) is 1. The second-order valence-corrected chi connectivity index (χ2v) is 7.16. The molecule has 2 amide bonds. The van der Waals surface area contributed by atoms with Crippen LogP contribution in [0.2, 0.25) is 0 Å². The van der Waals surface area contributed by atoms with E-state index in [1.807, 2.05) is 0 Å². The number of carbonyl (C=O) groups excluding carboxylic acids is 2. The third-order valence-corrected chi connectivity index (χ3v) is 5.08. The van der Waals surface area contributed by atoms with Crippen molar-refractivity contribution < 1.29 is 23.5 Å². The van der Waals surface area contributed by atoms with Crippen LogP contribution in [0.1, 0.15) is 32.1 Å². The van der Waals surface area contributed by atoms with Crippen molar-refractivity contribution in [2.45, 2.75) is 37.7 Å². The number of rotatable bonds is 6. The van der Waals surface area contributed by atoms with Crippen LogP contribution in [-0.2, 0) is 14.3 Å². The van der Waals surface area contributed by atoms with E-state index in [9.17, 15) is 14.0 Å². The molecule has 2 N–H and O–H groups in total. The van der Waals surface area contributed by atoms with E-state index in [1.165, 1.54) is 24.3 Å². The number of amides is 2. The summed E-state index contributed by atoms with van der Waals surface area (Å²) in [6, 6.07) is 5.62. The van der Waals surface area contributed by atoms with E-state index in [1.54, 1.807) is 4.90 Å². The zero-order valence-electron chi connectivity index (χ0n) is 14.8. The van der Waals surface area contributed by atoms with Gasteiger partial charge in [-0.2, -0.15) is 0 Å². The zero-order valence-corrected chi connectivity index (χ0v) is 14.8. The lowest BCUT2D eigenvalue weighted by molar-refractivity contribution is -0.164. The number of hydrogen-bond acceptors (Lipinski definition) is 4. The molecule has 2 aliphatic rings. The highest BCUT2D eigenvalue weighted by molar-refractivity contribution is 5.80. The van der Waals surface area contributed by atoms with Crippen molar-refractivity contribution in [3.63, 3.8) is 0 Å². The van der Waals surface area contributed by atoms with Gasteiger partial charge in [-0.1, -0.05) is 12.8 Å². The Hall–Kier alpha value is -2.15. The first kappa shape index (κ1) is 18.6. The van der Waals surface area contributed by atoms with Crippen LogP contribution in [0.3, 0.4) is 0 Å². The Balaban J connectivity index is 1.69. The maximum absolute atomic E-state index is 13.0. The van der Waals surface area contributed by atoms with Crippen molar-refractivity contribution in [1.82, 2.24) is 4.90 Å². The van der Waals surface area contributed by atoms with Crippen LogP contribution >= 0.6 is 0 Å². The molecular weight excluding hydrogens is 339 g/mol. The van der Waals surface area contributed by atoms with Gasteiger partial charge >= 0.3 is 0 Å². The Morgan fingerprint density at radius 1 is 1.27 bits per heavy atom. The van der Waals surface area contributed by atoms with Gasteiger partial charge in [-0.05, 0) is 37.1 Å². The Morgan fingerprint density at radius 2 is 1.96 bits per heavy atom. The van der Waals surface area contributed by atoms with Crippen LogP contribution in [0.5, 0.6) is 5.75 Å². The molecule has 0 spiro atoms. The number of benzene rings is 1. The van der Waals surface area contributed by atoms with Crippen LogP contribution in [0.25, 0.3) is 0 Å².